The first-order valence-corrected chi connectivity index (χ1v) is 7.46. The maximum Gasteiger partial charge on any atom is 0.326 e. The Labute approximate surface area is 130 Å². The summed E-state index contributed by atoms with van der Waals surface area (Å²) in [5, 5.41) is 2.27. The van der Waals surface area contributed by atoms with Gasteiger partial charge in [0.05, 0.1) is 6.61 Å². The van der Waals surface area contributed by atoms with Crippen LogP contribution in [0.3, 0.4) is 0 Å². The van der Waals surface area contributed by atoms with Gasteiger partial charge in [-0.1, -0.05) is 11.6 Å². The molecular formula is C13H13ClN2O4S. The van der Waals surface area contributed by atoms with Crippen LogP contribution in [0.25, 0.3) is 0 Å². The molecule has 2 rings (SSSR count). The van der Waals surface area contributed by atoms with Crippen molar-refractivity contribution in [1.82, 2.24) is 4.90 Å². The molecule has 6 nitrogen and oxygen atoms in total. The lowest BCUT2D eigenvalue weighted by Gasteiger charge is -2.14. The normalized spacial score (nSPS) is 18.0. The van der Waals surface area contributed by atoms with Crippen molar-refractivity contribution in [3.05, 3.63) is 29.3 Å². The van der Waals surface area contributed by atoms with Gasteiger partial charge in [-0.05, 0) is 43.0 Å². The quantitative estimate of drug-likeness (QED) is 0.836. The van der Waals surface area contributed by atoms with Crippen molar-refractivity contribution < 1.29 is 19.1 Å². The molecule has 1 atom stereocenters. The second kappa shape index (κ2) is 6.82. The zero-order valence-electron chi connectivity index (χ0n) is 11.2. The molecule has 1 aromatic carbocycles. The second-order valence-electron chi connectivity index (χ2n) is 4.14. The molecule has 0 unspecified atom stereocenters. The number of carbonyl (C=O) groups excluding carboxylic acids is 3. The number of anilines is 1. The van der Waals surface area contributed by atoms with Gasteiger partial charge in [-0.25, -0.2) is 0 Å². The van der Waals surface area contributed by atoms with Crippen LogP contribution in [0.2, 0.25) is 5.02 Å². The van der Waals surface area contributed by atoms with E-state index < -0.39 is 22.5 Å². The first kappa shape index (κ1) is 15.7. The van der Waals surface area contributed by atoms with Crippen molar-refractivity contribution in [3.8, 4) is 0 Å². The lowest BCUT2D eigenvalue weighted by atomic mass is 10.3. The molecule has 21 heavy (non-hydrogen) atoms. The molecule has 0 spiro atoms. The fraction of sp³-hybridized carbons (Fsp3) is 0.308. The van der Waals surface area contributed by atoms with Gasteiger partial charge in [0.25, 0.3) is 11.1 Å². The number of hydrogen-bond donors (Lipinski definition) is 1. The number of imide groups is 1. The standard InChI is InChI=1S/C13H13ClN2O4S/c1-2-20-10(17)7-16-12(18)11(21-13(16)19)15-9-5-3-8(14)4-6-9/h3-6,11,15H,2,7H2,1H3/t11-/m0/s1. The predicted octanol–water partition coefficient (Wildman–Crippen LogP) is 2.34. The number of nitrogens with zero attached hydrogens (tertiary/aromatic N) is 1. The SMILES string of the molecule is CCOC(=O)CN1C(=O)S[C@H](Nc2ccc(Cl)cc2)C1=O. The number of amides is 2. The summed E-state index contributed by atoms with van der Waals surface area (Å²) in [4.78, 5) is 36.2. The van der Waals surface area contributed by atoms with Crippen molar-refractivity contribution in [1.29, 1.82) is 0 Å². The number of hydrogen-bond acceptors (Lipinski definition) is 6. The van der Waals surface area contributed by atoms with Crippen LogP contribution in [0.1, 0.15) is 6.92 Å². The molecule has 1 aliphatic heterocycles. The van der Waals surface area contributed by atoms with E-state index in [1.54, 1.807) is 31.2 Å². The zero-order chi connectivity index (χ0) is 15.4. The Morgan fingerprint density at radius 3 is 2.67 bits per heavy atom. The molecule has 1 aliphatic rings. The first-order chi connectivity index (χ1) is 10.0. The molecule has 0 saturated carbocycles. The highest BCUT2D eigenvalue weighted by molar-refractivity contribution is 8.15. The van der Waals surface area contributed by atoms with Crippen LogP contribution in [0.15, 0.2) is 24.3 Å². The van der Waals surface area contributed by atoms with E-state index in [1.165, 1.54) is 0 Å². The minimum Gasteiger partial charge on any atom is -0.465 e. The van der Waals surface area contributed by atoms with Gasteiger partial charge in [-0.3, -0.25) is 19.3 Å². The molecule has 1 heterocycles. The summed E-state index contributed by atoms with van der Waals surface area (Å²) in [5.74, 6) is -1.07. The first-order valence-electron chi connectivity index (χ1n) is 6.21. The van der Waals surface area contributed by atoms with Crippen molar-refractivity contribution in [2.75, 3.05) is 18.5 Å². The number of nitrogens with one attached hydrogen (secondary N) is 1. The third-order valence-electron chi connectivity index (χ3n) is 2.66. The average molecular weight is 329 g/mol. The van der Waals surface area contributed by atoms with E-state index in [0.29, 0.717) is 10.7 Å². The van der Waals surface area contributed by atoms with Crippen molar-refractivity contribution in [2.24, 2.45) is 0 Å². The largest absolute Gasteiger partial charge is 0.465 e. The van der Waals surface area contributed by atoms with Crippen molar-refractivity contribution >= 4 is 46.2 Å². The zero-order valence-corrected chi connectivity index (χ0v) is 12.7. The fourth-order valence-corrected chi connectivity index (χ4v) is 2.75. The van der Waals surface area contributed by atoms with E-state index in [4.69, 9.17) is 16.3 Å². The summed E-state index contributed by atoms with van der Waals surface area (Å²) in [6.07, 6.45) is 0. The fourth-order valence-electron chi connectivity index (χ4n) is 1.71. The molecule has 1 aromatic rings. The molecule has 0 bridgehead atoms. The van der Waals surface area contributed by atoms with E-state index >= 15 is 0 Å². The Morgan fingerprint density at radius 1 is 1.38 bits per heavy atom. The van der Waals surface area contributed by atoms with Crippen LogP contribution in [-0.4, -0.2) is 40.5 Å². The van der Waals surface area contributed by atoms with Crippen molar-refractivity contribution in [3.63, 3.8) is 0 Å². The smallest absolute Gasteiger partial charge is 0.326 e. The van der Waals surface area contributed by atoms with E-state index in [1.807, 2.05) is 0 Å². The molecule has 112 valence electrons. The Balaban J connectivity index is 2.00. The second-order valence-corrected chi connectivity index (χ2v) is 5.64. The van der Waals surface area contributed by atoms with Gasteiger partial charge >= 0.3 is 5.97 Å². The molecule has 1 N–H and O–H groups in total. The number of thioether (sulfide) groups is 1. The van der Waals surface area contributed by atoms with E-state index in [2.05, 4.69) is 5.32 Å². The summed E-state index contributed by atoms with van der Waals surface area (Å²) < 4.78 is 4.74. The Bertz CT molecular complexity index is 564. The van der Waals surface area contributed by atoms with Gasteiger partial charge in [-0.2, -0.15) is 0 Å². The molecule has 0 radical (unpaired) electrons. The molecule has 1 saturated heterocycles. The minimum atomic E-state index is -0.756. The highest BCUT2D eigenvalue weighted by atomic mass is 35.5. The number of benzene rings is 1. The van der Waals surface area contributed by atoms with Crippen LogP contribution < -0.4 is 5.32 Å². The summed E-state index contributed by atoms with van der Waals surface area (Å²) in [7, 11) is 0. The maximum atomic E-state index is 12.1. The Morgan fingerprint density at radius 2 is 2.05 bits per heavy atom. The Hall–Kier alpha value is -1.73. The van der Waals surface area contributed by atoms with Crippen LogP contribution in [0.4, 0.5) is 10.5 Å². The molecule has 0 aromatic heterocycles. The third-order valence-corrected chi connectivity index (χ3v) is 3.89. The van der Waals surface area contributed by atoms with Crippen LogP contribution in [0.5, 0.6) is 0 Å². The molecule has 1 fully saturated rings. The average Bonchev–Trinajstić information content (AvgIpc) is 2.69. The number of carbonyl (C=O) groups is 3. The van der Waals surface area contributed by atoms with Gasteiger partial charge in [0.15, 0.2) is 5.37 Å². The van der Waals surface area contributed by atoms with Crippen LogP contribution >= 0.6 is 23.4 Å². The van der Waals surface area contributed by atoms with Crippen LogP contribution in [-0.2, 0) is 14.3 Å². The topological polar surface area (TPSA) is 75.7 Å². The molecule has 0 aliphatic carbocycles. The summed E-state index contributed by atoms with van der Waals surface area (Å²) >= 11 is 6.60. The van der Waals surface area contributed by atoms with E-state index in [0.717, 1.165) is 16.7 Å². The summed E-state index contributed by atoms with van der Waals surface area (Å²) in [5.41, 5.74) is 0.663. The number of rotatable bonds is 5. The van der Waals surface area contributed by atoms with E-state index in [9.17, 15) is 14.4 Å². The summed E-state index contributed by atoms with van der Waals surface area (Å²) in [6, 6.07) is 6.75. The van der Waals surface area contributed by atoms with Gasteiger partial charge in [0.2, 0.25) is 0 Å². The lowest BCUT2D eigenvalue weighted by Crippen LogP contribution is -2.38. The van der Waals surface area contributed by atoms with Gasteiger partial charge in [-0.15, -0.1) is 0 Å². The summed E-state index contributed by atoms with van der Waals surface area (Å²) in [6.45, 7) is 1.50. The number of ether oxygens (including phenoxy) is 1. The van der Waals surface area contributed by atoms with Crippen molar-refractivity contribution in [2.45, 2.75) is 12.3 Å². The lowest BCUT2D eigenvalue weighted by molar-refractivity contribution is -0.146. The minimum absolute atomic E-state index is 0.203. The monoisotopic (exact) mass is 328 g/mol. The van der Waals surface area contributed by atoms with E-state index in [-0.39, 0.29) is 13.2 Å². The molecular weight excluding hydrogens is 316 g/mol. The van der Waals surface area contributed by atoms with Crippen LogP contribution in [0, 0.1) is 0 Å². The van der Waals surface area contributed by atoms with Gasteiger partial charge in [0.1, 0.15) is 6.54 Å². The number of esters is 1. The highest BCUT2D eigenvalue weighted by Gasteiger charge is 2.40. The van der Waals surface area contributed by atoms with Gasteiger partial charge < -0.3 is 10.1 Å². The predicted molar refractivity (Wildman–Crippen MR) is 80.2 cm³/mol. The molecule has 8 heteroatoms. The number of halogens is 1. The Kier molecular flexibility index (Phi) is 5.08. The molecule has 2 amide bonds. The third kappa shape index (κ3) is 3.89. The maximum absolute atomic E-state index is 12.1. The van der Waals surface area contributed by atoms with Gasteiger partial charge in [0, 0.05) is 10.7 Å². The highest BCUT2D eigenvalue weighted by Crippen LogP contribution is 2.28.